The number of benzene rings is 1. The first-order valence-electron chi connectivity index (χ1n) is 8.12. The van der Waals surface area contributed by atoms with E-state index < -0.39 is 9.84 Å². The molecule has 2 aromatic rings. The Kier molecular flexibility index (Phi) is 4.09. The second-order valence-electron chi connectivity index (χ2n) is 6.44. The van der Waals surface area contributed by atoms with Crippen molar-refractivity contribution in [1.29, 1.82) is 0 Å². The van der Waals surface area contributed by atoms with Crippen LogP contribution >= 0.6 is 0 Å². The highest BCUT2D eigenvalue weighted by Crippen LogP contribution is 2.45. The zero-order valence-electron chi connectivity index (χ0n) is 14.6. The normalized spacial score (nSPS) is 18.7. The molecule has 0 amide bonds. The predicted molar refractivity (Wildman–Crippen MR) is 93.9 cm³/mol. The van der Waals surface area contributed by atoms with E-state index in [1.54, 1.807) is 25.1 Å². The van der Waals surface area contributed by atoms with Crippen molar-refractivity contribution in [2.24, 2.45) is 0 Å². The second kappa shape index (κ2) is 5.86. The minimum absolute atomic E-state index is 0.0600. The van der Waals surface area contributed by atoms with Crippen LogP contribution in [0.2, 0.25) is 0 Å². The fraction of sp³-hybridized carbons (Fsp3) is 0.389. The lowest BCUT2D eigenvalue weighted by molar-refractivity contribution is 0.406. The highest BCUT2D eigenvalue weighted by atomic mass is 32.2. The van der Waals surface area contributed by atoms with Gasteiger partial charge < -0.3 is 5.11 Å². The minimum atomic E-state index is -3.82. The molecule has 1 N–H and O–H groups in total. The largest absolute Gasteiger partial charge is 0.493 e. The lowest BCUT2D eigenvalue weighted by atomic mass is 9.87. The predicted octanol–water partition coefficient (Wildman–Crippen LogP) is 2.89. The molecule has 7 heteroatoms. The van der Waals surface area contributed by atoms with Crippen LogP contribution in [-0.4, -0.2) is 29.2 Å². The molecule has 1 aliphatic heterocycles. The van der Waals surface area contributed by atoms with Gasteiger partial charge in [0, 0.05) is 13.0 Å². The van der Waals surface area contributed by atoms with Gasteiger partial charge in [-0.15, -0.1) is 0 Å². The molecule has 0 saturated carbocycles. The van der Waals surface area contributed by atoms with E-state index in [9.17, 15) is 18.3 Å². The molecule has 6 nitrogen and oxygen atoms in total. The Hall–Kier alpha value is -2.37. The third-order valence-electron chi connectivity index (χ3n) is 4.86. The van der Waals surface area contributed by atoms with Crippen LogP contribution in [0.25, 0.3) is 11.1 Å². The Morgan fingerprint density at radius 3 is 2.60 bits per heavy atom. The summed E-state index contributed by atoms with van der Waals surface area (Å²) in [6.45, 7) is 7.87. The molecule has 132 valence electrons. The number of hydrogen-bond donors (Lipinski definition) is 1. The molecule has 0 bridgehead atoms. The van der Waals surface area contributed by atoms with Gasteiger partial charge in [0.15, 0.2) is 0 Å². The van der Waals surface area contributed by atoms with Gasteiger partial charge in [-0.05, 0) is 55.0 Å². The number of aryl methyl sites for hydroxylation is 2. The smallest absolute Gasteiger partial charge is 0.217 e. The van der Waals surface area contributed by atoms with Gasteiger partial charge in [0.2, 0.25) is 15.7 Å². The molecular formula is C18H20N2O4S. The van der Waals surface area contributed by atoms with Gasteiger partial charge >= 0.3 is 0 Å². The van der Waals surface area contributed by atoms with E-state index in [0.29, 0.717) is 23.2 Å². The molecule has 1 aromatic carbocycles. The number of sulfone groups is 1. The van der Waals surface area contributed by atoms with E-state index in [-0.39, 0.29) is 28.0 Å². The van der Waals surface area contributed by atoms with Gasteiger partial charge in [0.1, 0.15) is 10.8 Å². The first-order chi connectivity index (χ1) is 11.7. The van der Waals surface area contributed by atoms with Crippen LogP contribution in [0.5, 0.6) is 5.88 Å². The SMILES string of the molecule is CCn1ncc(-c2cc(C)c3c(c2C)C(C)CC(=C=O)S3(=O)=O)c1O. The summed E-state index contributed by atoms with van der Waals surface area (Å²) < 4.78 is 27.0. The Labute approximate surface area is 146 Å². The Balaban J connectivity index is 2.36. The number of fused-ring (bicyclic) bond motifs is 1. The molecule has 1 unspecified atom stereocenters. The zero-order valence-corrected chi connectivity index (χ0v) is 15.4. The zero-order chi connectivity index (χ0) is 18.5. The summed E-state index contributed by atoms with van der Waals surface area (Å²) in [5, 5.41) is 14.5. The van der Waals surface area contributed by atoms with Gasteiger partial charge in [-0.3, -0.25) is 0 Å². The van der Waals surface area contributed by atoms with Gasteiger partial charge in [-0.2, -0.15) is 5.10 Å². The minimum Gasteiger partial charge on any atom is -0.493 e. The van der Waals surface area contributed by atoms with Gasteiger partial charge in [-0.25, -0.2) is 17.9 Å². The summed E-state index contributed by atoms with van der Waals surface area (Å²) in [5.41, 5.74) is 3.38. The van der Waals surface area contributed by atoms with Crippen molar-refractivity contribution in [2.75, 3.05) is 0 Å². The van der Waals surface area contributed by atoms with Crippen molar-refractivity contribution in [2.45, 2.75) is 51.5 Å². The third-order valence-corrected chi connectivity index (χ3v) is 6.84. The first-order valence-corrected chi connectivity index (χ1v) is 9.60. The average molecular weight is 360 g/mol. The molecular weight excluding hydrogens is 340 g/mol. The number of aromatic nitrogens is 2. The molecule has 3 rings (SSSR count). The van der Waals surface area contributed by atoms with Crippen molar-refractivity contribution < 1.29 is 18.3 Å². The van der Waals surface area contributed by atoms with Crippen molar-refractivity contribution >= 4 is 15.8 Å². The molecule has 1 atom stereocenters. The van der Waals surface area contributed by atoms with Crippen LogP contribution in [0.4, 0.5) is 0 Å². The maximum absolute atomic E-state index is 12.8. The molecule has 2 heterocycles. The van der Waals surface area contributed by atoms with Crippen LogP contribution in [-0.2, 0) is 21.2 Å². The molecule has 25 heavy (non-hydrogen) atoms. The molecule has 0 aliphatic carbocycles. The number of nitrogens with zero attached hydrogens (tertiary/aromatic N) is 2. The summed E-state index contributed by atoms with van der Waals surface area (Å²) in [4.78, 5) is 11.1. The van der Waals surface area contributed by atoms with Gasteiger partial charge in [-0.1, -0.05) is 6.92 Å². The van der Waals surface area contributed by atoms with Crippen molar-refractivity contribution in [1.82, 2.24) is 9.78 Å². The van der Waals surface area contributed by atoms with Crippen LogP contribution in [0, 0.1) is 13.8 Å². The van der Waals surface area contributed by atoms with E-state index in [1.807, 2.05) is 20.8 Å². The topological polar surface area (TPSA) is 89.3 Å². The lowest BCUT2D eigenvalue weighted by Crippen LogP contribution is -2.20. The Morgan fingerprint density at radius 2 is 2.04 bits per heavy atom. The highest BCUT2D eigenvalue weighted by Gasteiger charge is 2.37. The summed E-state index contributed by atoms with van der Waals surface area (Å²) in [6, 6.07) is 1.74. The third kappa shape index (κ3) is 2.42. The fourth-order valence-electron chi connectivity index (χ4n) is 3.66. The molecule has 1 aliphatic rings. The van der Waals surface area contributed by atoms with Crippen LogP contribution in [0.3, 0.4) is 0 Å². The number of aromatic hydroxyl groups is 1. The van der Waals surface area contributed by atoms with E-state index in [2.05, 4.69) is 5.10 Å². The molecule has 0 fully saturated rings. The summed E-state index contributed by atoms with van der Waals surface area (Å²) in [6.07, 6.45) is 1.73. The maximum atomic E-state index is 12.8. The van der Waals surface area contributed by atoms with Crippen molar-refractivity contribution in [3.8, 4) is 17.0 Å². The van der Waals surface area contributed by atoms with E-state index in [1.165, 1.54) is 4.68 Å². The van der Waals surface area contributed by atoms with Crippen molar-refractivity contribution in [3.05, 3.63) is 33.9 Å². The number of hydrogen-bond acceptors (Lipinski definition) is 5. The van der Waals surface area contributed by atoms with Gasteiger partial charge in [0.05, 0.1) is 16.7 Å². The Bertz CT molecular complexity index is 1030. The average Bonchev–Trinajstić information content (AvgIpc) is 2.93. The summed E-state index contributed by atoms with van der Waals surface area (Å²) in [5.74, 6) is 1.54. The lowest BCUT2D eigenvalue weighted by Gasteiger charge is -2.28. The standard InChI is InChI=1S/C18H20N2O4S/c1-5-20-18(22)15(8-19-20)14-7-11(3)17-16(12(14)4)10(2)6-13(9-21)25(17,23)24/h7-8,10,22H,5-6H2,1-4H3. The maximum Gasteiger partial charge on any atom is 0.217 e. The number of rotatable bonds is 2. The van der Waals surface area contributed by atoms with Crippen molar-refractivity contribution in [3.63, 3.8) is 0 Å². The molecule has 0 saturated heterocycles. The first kappa shape index (κ1) is 17.5. The number of allylic oxidation sites excluding steroid dienone is 1. The monoisotopic (exact) mass is 360 g/mol. The molecule has 0 spiro atoms. The fourth-order valence-corrected chi connectivity index (χ4v) is 5.61. The Morgan fingerprint density at radius 1 is 1.36 bits per heavy atom. The quantitative estimate of drug-likeness (QED) is 0.832. The van der Waals surface area contributed by atoms with E-state index >= 15 is 0 Å². The van der Waals surface area contributed by atoms with Crippen LogP contribution in [0.15, 0.2) is 22.1 Å². The highest BCUT2D eigenvalue weighted by molar-refractivity contribution is 7.95. The van der Waals surface area contributed by atoms with Gasteiger partial charge in [0.25, 0.3) is 0 Å². The molecule has 1 aromatic heterocycles. The number of carbonyl (C=O) groups excluding carboxylic acids is 1. The second-order valence-corrected chi connectivity index (χ2v) is 8.35. The van der Waals surface area contributed by atoms with E-state index in [4.69, 9.17) is 0 Å². The summed E-state index contributed by atoms with van der Waals surface area (Å²) in [7, 11) is -3.82. The van der Waals surface area contributed by atoms with E-state index in [0.717, 1.165) is 11.1 Å². The molecule has 0 radical (unpaired) electrons. The van der Waals surface area contributed by atoms with Crippen LogP contribution < -0.4 is 0 Å². The summed E-state index contributed by atoms with van der Waals surface area (Å²) >= 11 is 0. The van der Waals surface area contributed by atoms with Crippen LogP contribution in [0.1, 0.15) is 42.9 Å².